The number of carbonyl (C=O) groups is 2. The lowest BCUT2D eigenvalue weighted by molar-refractivity contribution is -0.128. The lowest BCUT2D eigenvalue weighted by Gasteiger charge is -2.36. The van der Waals surface area contributed by atoms with E-state index in [2.05, 4.69) is 4.72 Å². The highest BCUT2D eigenvalue weighted by Gasteiger charge is 2.65. The second kappa shape index (κ2) is 5.45. The number of anilines is 1. The zero-order chi connectivity index (χ0) is 18.6. The number of hydrogen-bond acceptors (Lipinski definition) is 5. The molecule has 2 atom stereocenters. The Hall–Kier alpha value is -2.09. The van der Waals surface area contributed by atoms with Gasteiger partial charge in [0.15, 0.2) is 0 Å². The number of aromatic carboxylic acids is 1. The van der Waals surface area contributed by atoms with E-state index in [1.807, 2.05) is 13.8 Å². The lowest BCUT2D eigenvalue weighted by Crippen LogP contribution is -2.43. The Morgan fingerprint density at radius 3 is 2.52 bits per heavy atom. The van der Waals surface area contributed by atoms with E-state index in [0.717, 1.165) is 18.6 Å². The summed E-state index contributed by atoms with van der Waals surface area (Å²) in [7, 11) is -3.85. The molecule has 25 heavy (non-hydrogen) atoms. The molecular formula is C17H21NO6S. The average molecular weight is 367 g/mol. The van der Waals surface area contributed by atoms with Gasteiger partial charge in [0.05, 0.1) is 16.9 Å². The summed E-state index contributed by atoms with van der Waals surface area (Å²) in [5.74, 6) is -1.91. The second-order valence-corrected chi connectivity index (χ2v) is 9.29. The van der Waals surface area contributed by atoms with Crippen LogP contribution in [-0.2, 0) is 14.8 Å². The molecule has 0 spiro atoms. The molecule has 8 heteroatoms. The van der Waals surface area contributed by atoms with E-state index in [1.54, 1.807) is 0 Å². The van der Waals surface area contributed by atoms with Gasteiger partial charge in [0, 0.05) is 12.5 Å². The first-order valence-electron chi connectivity index (χ1n) is 8.09. The first-order valence-corrected chi connectivity index (χ1v) is 9.74. The molecular weight excluding hydrogens is 346 g/mol. The molecule has 0 heterocycles. The van der Waals surface area contributed by atoms with Crippen LogP contribution in [0.25, 0.3) is 0 Å². The normalized spacial score (nSPS) is 27.4. The Balaban J connectivity index is 1.85. The van der Waals surface area contributed by atoms with Crippen LogP contribution < -0.4 is 4.72 Å². The molecule has 2 bridgehead atoms. The number of hydrogen-bond donors (Lipinski definition) is 3. The van der Waals surface area contributed by atoms with Gasteiger partial charge < -0.3 is 10.2 Å². The van der Waals surface area contributed by atoms with Crippen molar-refractivity contribution in [2.45, 2.75) is 33.1 Å². The standard InChI is InChI=1S/C17H21NO6S/c1-16(2)10-5-6-17(16,14(20)7-10)9-25(23,24)18-11-3-4-12(15(21)22)13(19)8-11/h3-4,8,10,18-19H,5-7,9H2,1-2H3,(H,21,22)/t10-,17-/m1/s1. The molecule has 0 saturated heterocycles. The van der Waals surface area contributed by atoms with Gasteiger partial charge in [0.2, 0.25) is 10.0 Å². The van der Waals surface area contributed by atoms with Gasteiger partial charge in [0.25, 0.3) is 0 Å². The summed E-state index contributed by atoms with van der Waals surface area (Å²) < 4.78 is 27.6. The van der Waals surface area contributed by atoms with E-state index in [4.69, 9.17) is 5.11 Å². The minimum atomic E-state index is -3.85. The van der Waals surface area contributed by atoms with Gasteiger partial charge in [-0.05, 0) is 36.3 Å². The molecule has 0 aromatic heterocycles. The lowest BCUT2D eigenvalue weighted by atomic mass is 9.70. The average Bonchev–Trinajstić information content (AvgIpc) is 2.80. The number of carbonyl (C=O) groups excluding carboxylic acids is 1. The first-order chi connectivity index (χ1) is 11.5. The molecule has 136 valence electrons. The number of ketones is 1. The highest BCUT2D eigenvalue weighted by atomic mass is 32.2. The summed E-state index contributed by atoms with van der Waals surface area (Å²) in [6, 6.07) is 3.46. The zero-order valence-electron chi connectivity index (χ0n) is 14.1. The number of aromatic hydroxyl groups is 1. The van der Waals surface area contributed by atoms with Gasteiger partial charge in [-0.3, -0.25) is 9.52 Å². The third-order valence-corrected chi connectivity index (χ3v) is 7.50. The molecule has 0 aliphatic heterocycles. The van der Waals surface area contributed by atoms with Crippen molar-refractivity contribution in [1.82, 2.24) is 0 Å². The summed E-state index contributed by atoms with van der Waals surface area (Å²) in [6.07, 6.45) is 1.84. The molecule has 0 unspecified atom stereocenters. The smallest absolute Gasteiger partial charge is 0.339 e. The van der Waals surface area contributed by atoms with Crippen molar-refractivity contribution in [3.05, 3.63) is 23.8 Å². The van der Waals surface area contributed by atoms with Crippen molar-refractivity contribution in [2.24, 2.45) is 16.7 Å². The number of carboxylic acid groups (broad SMARTS) is 1. The van der Waals surface area contributed by atoms with E-state index in [-0.39, 0.29) is 34.1 Å². The van der Waals surface area contributed by atoms with Gasteiger partial charge in [0.1, 0.15) is 17.1 Å². The Morgan fingerprint density at radius 1 is 1.36 bits per heavy atom. The topological polar surface area (TPSA) is 121 Å². The number of fused-ring (bicyclic) bond motifs is 2. The van der Waals surface area contributed by atoms with Crippen LogP contribution in [0.3, 0.4) is 0 Å². The van der Waals surface area contributed by atoms with Gasteiger partial charge >= 0.3 is 5.97 Å². The van der Waals surface area contributed by atoms with E-state index >= 15 is 0 Å². The summed E-state index contributed by atoms with van der Waals surface area (Å²) >= 11 is 0. The van der Waals surface area contributed by atoms with Crippen molar-refractivity contribution in [2.75, 3.05) is 10.5 Å². The summed E-state index contributed by atoms with van der Waals surface area (Å²) in [6.45, 7) is 3.91. The predicted molar refractivity (Wildman–Crippen MR) is 91.0 cm³/mol. The van der Waals surface area contributed by atoms with Gasteiger partial charge in [-0.2, -0.15) is 0 Å². The number of sulfonamides is 1. The third kappa shape index (κ3) is 2.68. The van der Waals surface area contributed by atoms with Crippen LogP contribution in [-0.4, -0.2) is 36.1 Å². The number of Topliss-reactive ketones (excluding diaryl/α,β-unsaturated/α-hetero) is 1. The molecule has 1 aromatic rings. The summed E-state index contributed by atoms with van der Waals surface area (Å²) in [5.41, 5.74) is -1.50. The van der Waals surface area contributed by atoms with E-state index in [1.165, 1.54) is 6.07 Å². The maximum atomic E-state index is 12.6. The van der Waals surface area contributed by atoms with Crippen LogP contribution >= 0.6 is 0 Å². The zero-order valence-corrected chi connectivity index (χ0v) is 14.9. The van der Waals surface area contributed by atoms with Crippen molar-refractivity contribution in [1.29, 1.82) is 0 Å². The van der Waals surface area contributed by atoms with Crippen LogP contribution in [0.15, 0.2) is 18.2 Å². The number of rotatable bonds is 5. The molecule has 2 aliphatic rings. The van der Waals surface area contributed by atoms with Crippen LogP contribution in [0.5, 0.6) is 5.75 Å². The minimum absolute atomic E-state index is 0.00296. The molecule has 7 nitrogen and oxygen atoms in total. The fraction of sp³-hybridized carbons (Fsp3) is 0.529. The van der Waals surface area contributed by atoms with Crippen LogP contribution in [0.4, 0.5) is 5.69 Å². The fourth-order valence-electron chi connectivity index (χ4n) is 4.42. The van der Waals surface area contributed by atoms with Crippen molar-refractivity contribution >= 4 is 27.5 Å². The van der Waals surface area contributed by atoms with Gasteiger partial charge in [-0.15, -0.1) is 0 Å². The Kier molecular flexibility index (Phi) is 3.87. The predicted octanol–water partition coefficient (Wildman–Crippen LogP) is 2.23. The van der Waals surface area contributed by atoms with Gasteiger partial charge in [-0.1, -0.05) is 13.8 Å². The maximum absolute atomic E-state index is 12.6. The fourth-order valence-corrected chi connectivity index (χ4v) is 6.31. The van der Waals surface area contributed by atoms with Crippen LogP contribution in [0, 0.1) is 16.7 Å². The Morgan fingerprint density at radius 2 is 2.04 bits per heavy atom. The quantitative estimate of drug-likeness (QED) is 0.734. The summed E-state index contributed by atoms with van der Waals surface area (Å²) in [5, 5.41) is 18.6. The van der Waals surface area contributed by atoms with Crippen molar-refractivity contribution in [3.8, 4) is 5.75 Å². The molecule has 2 saturated carbocycles. The number of phenols is 1. The van der Waals surface area contributed by atoms with Gasteiger partial charge in [-0.25, -0.2) is 13.2 Å². The van der Waals surface area contributed by atoms with Crippen molar-refractivity contribution < 1.29 is 28.2 Å². The second-order valence-electron chi connectivity index (χ2n) is 7.56. The Bertz CT molecular complexity index is 860. The van der Waals surface area contributed by atoms with E-state index in [0.29, 0.717) is 12.8 Å². The molecule has 2 aliphatic carbocycles. The highest BCUT2D eigenvalue weighted by Crippen LogP contribution is 2.64. The van der Waals surface area contributed by atoms with Crippen LogP contribution in [0.1, 0.15) is 43.5 Å². The van der Waals surface area contributed by atoms with Crippen LogP contribution in [0.2, 0.25) is 0 Å². The SMILES string of the molecule is CC1(C)[C@@H]2CC[C@@]1(CS(=O)(=O)Nc1ccc(C(=O)O)c(O)c1)C(=O)C2. The first kappa shape index (κ1) is 17.7. The molecule has 3 N–H and O–H groups in total. The molecule has 2 fully saturated rings. The van der Waals surface area contributed by atoms with Crippen molar-refractivity contribution in [3.63, 3.8) is 0 Å². The maximum Gasteiger partial charge on any atom is 0.339 e. The number of carboxylic acids is 1. The molecule has 0 radical (unpaired) electrons. The summed E-state index contributed by atoms with van der Waals surface area (Å²) in [4.78, 5) is 23.4. The molecule has 1 aromatic carbocycles. The molecule has 3 rings (SSSR count). The largest absolute Gasteiger partial charge is 0.507 e. The Labute approximate surface area is 146 Å². The van der Waals surface area contributed by atoms with E-state index in [9.17, 15) is 23.1 Å². The van der Waals surface area contributed by atoms with E-state index < -0.39 is 27.2 Å². The highest BCUT2D eigenvalue weighted by molar-refractivity contribution is 7.92. The minimum Gasteiger partial charge on any atom is -0.507 e. The number of benzene rings is 1. The third-order valence-electron chi connectivity index (χ3n) is 6.08. The monoisotopic (exact) mass is 367 g/mol. The molecule has 0 amide bonds. The number of nitrogens with one attached hydrogen (secondary N) is 1.